The van der Waals surface area contributed by atoms with Crippen LogP contribution in [0, 0.1) is 0 Å². The number of aliphatic hydroxyl groups excluding tert-OH is 1. The number of nitrogens with zero attached hydrogens (tertiary/aromatic N) is 2. The van der Waals surface area contributed by atoms with Crippen LogP contribution in [0.3, 0.4) is 0 Å². The number of hydrogen-bond acceptors (Lipinski definition) is 5. The van der Waals surface area contributed by atoms with Crippen LogP contribution in [-0.4, -0.2) is 77.5 Å². The number of β-amino-alcohol motifs (C(OH)–C–C–N with tert-alkyl or cyclic N) is 1. The third-order valence-electron chi connectivity index (χ3n) is 8.12. The minimum absolute atomic E-state index is 0.111. The Morgan fingerprint density at radius 2 is 1.38 bits per heavy atom. The molecule has 206 valence electrons. The van der Waals surface area contributed by atoms with Gasteiger partial charge in [0.15, 0.2) is 0 Å². The van der Waals surface area contributed by atoms with Crippen LogP contribution >= 0.6 is 0 Å². The summed E-state index contributed by atoms with van der Waals surface area (Å²) in [6.07, 6.45) is 2.63. The number of carbonyl (C=O) groups excluding carboxylic acids is 1. The molecule has 2 amide bonds. The average molecular weight is 529 g/mol. The first-order chi connectivity index (χ1) is 19.0. The van der Waals surface area contributed by atoms with Crippen LogP contribution in [-0.2, 0) is 5.60 Å². The van der Waals surface area contributed by atoms with Crippen molar-refractivity contribution in [1.82, 2.24) is 15.1 Å². The molecule has 4 N–H and O–H groups in total. The topological polar surface area (TPSA) is 88.1 Å². The molecule has 2 saturated heterocycles. The number of anilines is 1. The van der Waals surface area contributed by atoms with Gasteiger partial charge in [-0.1, -0.05) is 78.9 Å². The highest BCUT2D eigenvalue weighted by atomic mass is 16.3. The number of carbonyl (C=O) groups is 1. The molecule has 2 aliphatic heterocycles. The molecule has 3 aromatic rings. The SMILES string of the molecule is O=C(Nc1ccccc1-c1ccccc1)NC1CCN(CC(O)CN2CCC(O)(c3ccccc3)CC2)CC1. The predicted octanol–water partition coefficient (Wildman–Crippen LogP) is 4.28. The van der Waals surface area contributed by atoms with E-state index in [0.717, 1.165) is 61.4 Å². The van der Waals surface area contributed by atoms with Crippen molar-refractivity contribution in [3.05, 3.63) is 90.5 Å². The molecule has 0 bridgehead atoms. The van der Waals surface area contributed by atoms with Crippen molar-refractivity contribution in [1.29, 1.82) is 0 Å². The average Bonchev–Trinajstić information content (AvgIpc) is 2.97. The van der Waals surface area contributed by atoms with E-state index in [2.05, 4.69) is 20.4 Å². The van der Waals surface area contributed by atoms with E-state index >= 15 is 0 Å². The van der Waals surface area contributed by atoms with Crippen molar-refractivity contribution in [2.45, 2.75) is 43.4 Å². The van der Waals surface area contributed by atoms with Gasteiger partial charge in [-0.25, -0.2) is 4.79 Å². The van der Waals surface area contributed by atoms with Gasteiger partial charge >= 0.3 is 6.03 Å². The normalized spacial score (nSPS) is 19.3. The van der Waals surface area contributed by atoms with Gasteiger partial charge in [0.1, 0.15) is 0 Å². The van der Waals surface area contributed by atoms with E-state index < -0.39 is 11.7 Å². The van der Waals surface area contributed by atoms with E-state index in [-0.39, 0.29) is 12.1 Å². The number of nitrogens with one attached hydrogen (secondary N) is 2. The molecule has 2 fully saturated rings. The fourth-order valence-electron chi connectivity index (χ4n) is 5.86. The second kappa shape index (κ2) is 12.7. The zero-order valence-electron chi connectivity index (χ0n) is 22.5. The van der Waals surface area contributed by atoms with Gasteiger partial charge in [0, 0.05) is 50.9 Å². The number of piperidine rings is 2. The van der Waals surface area contributed by atoms with Gasteiger partial charge in [0.2, 0.25) is 0 Å². The van der Waals surface area contributed by atoms with E-state index in [9.17, 15) is 15.0 Å². The third kappa shape index (κ3) is 7.25. The van der Waals surface area contributed by atoms with Gasteiger partial charge in [-0.2, -0.15) is 0 Å². The number of para-hydroxylation sites is 1. The van der Waals surface area contributed by atoms with Crippen LogP contribution in [0.2, 0.25) is 0 Å². The second-order valence-electron chi connectivity index (χ2n) is 10.9. The summed E-state index contributed by atoms with van der Waals surface area (Å²) in [7, 11) is 0. The first-order valence-electron chi connectivity index (χ1n) is 14.1. The Morgan fingerprint density at radius 3 is 2.05 bits per heavy atom. The molecule has 0 saturated carbocycles. The zero-order valence-corrected chi connectivity index (χ0v) is 22.5. The summed E-state index contributed by atoms with van der Waals surface area (Å²) in [4.78, 5) is 17.3. The van der Waals surface area contributed by atoms with Crippen LogP contribution in [0.15, 0.2) is 84.9 Å². The molecule has 3 aromatic carbocycles. The number of aliphatic hydroxyl groups is 2. The molecule has 39 heavy (non-hydrogen) atoms. The number of hydrogen-bond donors (Lipinski definition) is 4. The van der Waals surface area contributed by atoms with E-state index in [1.807, 2.05) is 84.9 Å². The van der Waals surface area contributed by atoms with Gasteiger partial charge in [0.05, 0.1) is 17.4 Å². The summed E-state index contributed by atoms with van der Waals surface area (Å²) in [5, 5.41) is 28.0. The number of amides is 2. The molecule has 2 aliphatic rings. The first-order valence-corrected chi connectivity index (χ1v) is 14.1. The fraction of sp³-hybridized carbons (Fsp3) is 0.406. The molecule has 5 rings (SSSR count). The summed E-state index contributed by atoms with van der Waals surface area (Å²) in [5.41, 5.74) is 3.07. The van der Waals surface area contributed by atoms with Crippen molar-refractivity contribution < 1.29 is 15.0 Å². The lowest BCUT2D eigenvalue weighted by Gasteiger charge is -2.40. The minimum atomic E-state index is -0.770. The Morgan fingerprint density at radius 1 is 0.821 bits per heavy atom. The summed E-state index contributed by atoms with van der Waals surface area (Å²) < 4.78 is 0. The molecule has 1 atom stereocenters. The largest absolute Gasteiger partial charge is 0.390 e. The standard InChI is InChI=1S/C32H40N4O3/c37-28(24-36-21-17-32(39,18-22-36)26-11-5-2-6-12-26)23-35-19-15-27(16-20-35)33-31(38)34-30-14-8-7-13-29(30)25-9-3-1-4-10-25/h1-14,27-28,37,39H,15-24H2,(H2,33,34,38). The van der Waals surface area contributed by atoms with Crippen molar-refractivity contribution in [3.63, 3.8) is 0 Å². The monoisotopic (exact) mass is 528 g/mol. The van der Waals surface area contributed by atoms with Gasteiger partial charge in [-0.15, -0.1) is 0 Å². The van der Waals surface area contributed by atoms with E-state index in [1.165, 1.54) is 0 Å². The van der Waals surface area contributed by atoms with Gasteiger partial charge in [0.25, 0.3) is 0 Å². The molecule has 1 unspecified atom stereocenters. The molecule has 0 radical (unpaired) electrons. The van der Waals surface area contributed by atoms with Gasteiger partial charge in [-0.05, 0) is 42.9 Å². The smallest absolute Gasteiger partial charge is 0.319 e. The number of urea groups is 1. The molecule has 7 nitrogen and oxygen atoms in total. The van der Waals surface area contributed by atoms with E-state index in [0.29, 0.717) is 25.9 Å². The highest BCUT2D eigenvalue weighted by Gasteiger charge is 2.34. The Balaban J connectivity index is 1.03. The molecule has 7 heteroatoms. The van der Waals surface area contributed by atoms with E-state index in [4.69, 9.17) is 0 Å². The van der Waals surface area contributed by atoms with Gasteiger partial charge < -0.3 is 30.6 Å². The molecule has 0 spiro atoms. The number of rotatable bonds is 8. The van der Waals surface area contributed by atoms with Crippen molar-refractivity contribution >= 4 is 11.7 Å². The van der Waals surface area contributed by atoms with Crippen molar-refractivity contribution in [2.24, 2.45) is 0 Å². The zero-order chi connectivity index (χ0) is 27.1. The first kappa shape index (κ1) is 27.3. The quantitative estimate of drug-likeness (QED) is 0.351. The second-order valence-corrected chi connectivity index (χ2v) is 10.9. The maximum absolute atomic E-state index is 12.8. The highest BCUT2D eigenvalue weighted by Crippen LogP contribution is 2.32. The van der Waals surface area contributed by atoms with Gasteiger partial charge in [-0.3, -0.25) is 0 Å². The maximum atomic E-state index is 12.8. The fourth-order valence-corrected chi connectivity index (χ4v) is 5.86. The summed E-state index contributed by atoms with van der Waals surface area (Å²) >= 11 is 0. The lowest BCUT2D eigenvalue weighted by molar-refractivity contribution is -0.0369. The summed E-state index contributed by atoms with van der Waals surface area (Å²) in [6.45, 7) is 4.48. The number of benzene rings is 3. The van der Waals surface area contributed by atoms with Crippen molar-refractivity contribution in [2.75, 3.05) is 44.6 Å². The van der Waals surface area contributed by atoms with Crippen LogP contribution in [0.25, 0.3) is 11.1 Å². The Hall–Kier alpha value is -3.23. The van der Waals surface area contributed by atoms with Crippen LogP contribution in [0.4, 0.5) is 10.5 Å². The highest BCUT2D eigenvalue weighted by molar-refractivity contribution is 5.94. The Bertz CT molecular complexity index is 1190. The molecular weight excluding hydrogens is 488 g/mol. The molecule has 0 aliphatic carbocycles. The lowest BCUT2D eigenvalue weighted by Crippen LogP contribution is -2.50. The molecule has 0 aromatic heterocycles. The number of likely N-dealkylation sites (tertiary alicyclic amines) is 2. The summed E-state index contributed by atoms with van der Waals surface area (Å²) in [6, 6.07) is 27.7. The third-order valence-corrected chi connectivity index (χ3v) is 8.12. The Kier molecular flexibility index (Phi) is 8.94. The van der Waals surface area contributed by atoms with Crippen molar-refractivity contribution in [3.8, 4) is 11.1 Å². The van der Waals surface area contributed by atoms with Crippen LogP contribution in [0.5, 0.6) is 0 Å². The minimum Gasteiger partial charge on any atom is -0.390 e. The maximum Gasteiger partial charge on any atom is 0.319 e. The van der Waals surface area contributed by atoms with Crippen LogP contribution < -0.4 is 10.6 Å². The summed E-state index contributed by atoms with van der Waals surface area (Å²) in [5.74, 6) is 0. The predicted molar refractivity (Wildman–Crippen MR) is 156 cm³/mol. The van der Waals surface area contributed by atoms with Crippen LogP contribution in [0.1, 0.15) is 31.2 Å². The lowest BCUT2D eigenvalue weighted by atomic mass is 9.84. The van der Waals surface area contributed by atoms with E-state index in [1.54, 1.807) is 0 Å². The Labute approximate surface area is 231 Å². The molecule has 2 heterocycles. The molecular formula is C32H40N4O3.